The average molecular weight is 470 g/mol. The van der Waals surface area contributed by atoms with Crippen LogP contribution in [-0.4, -0.2) is 23.0 Å². The Morgan fingerprint density at radius 2 is 1.68 bits per heavy atom. The monoisotopic (exact) mass is 469 g/mol. The molecule has 0 aliphatic rings. The number of amides is 2. The second-order valence-corrected chi connectivity index (χ2v) is 9.26. The Morgan fingerprint density at radius 1 is 1.03 bits per heavy atom. The summed E-state index contributed by atoms with van der Waals surface area (Å²) in [7, 11) is 0. The molecule has 1 aromatic heterocycles. The third-order valence-corrected chi connectivity index (χ3v) is 5.31. The van der Waals surface area contributed by atoms with Crippen LogP contribution < -0.4 is 10.6 Å². The molecule has 0 saturated heterocycles. The Labute approximate surface area is 197 Å². The third-order valence-electron chi connectivity index (χ3n) is 5.31. The molecule has 0 bridgehead atoms. The van der Waals surface area contributed by atoms with Gasteiger partial charge in [0.1, 0.15) is 17.7 Å². The lowest BCUT2D eigenvalue weighted by atomic mass is 9.86. The molecular formula is C26H29F2N3O3. The zero-order valence-corrected chi connectivity index (χ0v) is 19.7. The van der Waals surface area contributed by atoms with Crippen LogP contribution in [0, 0.1) is 11.6 Å². The zero-order chi connectivity index (χ0) is 24.9. The van der Waals surface area contributed by atoms with Crippen LogP contribution in [0.4, 0.5) is 14.6 Å². The number of carbonyl (C=O) groups is 2. The van der Waals surface area contributed by atoms with E-state index in [1.165, 1.54) is 5.56 Å². The van der Waals surface area contributed by atoms with Gasteiger partial charge in [0.05, 0.1) is 6.42 Å². The highest BCUT2D eigenvalue weighted by atomic mass is 19.1. The van der Waals surface area contributed by atoms with Crippen molar-refractivity contribution in [2.75, 3.05) is 5.32 Å². The minimum Gasteiger partial charge on any atom is -0.354 e. The molecular weight excluding hydrogens is 440 g/mol. The first-order chi connectivity index (χ1) is 16.0. The Morgan fingerprint density at radius 3 is 2.26 bits per heavy atom. The number of benzene rings is 2. The molecule has 6 nitrogen and oxygen atoms in total. The summed E-state index contributed by atoms with van der Waals surface area (Å²) in [5.41, 5.74) is 2.22. The predicted molar refractivity (Wildman–Crippen MR) is 126 cm³/mol. The first-order valence-electron chi connectivity index (χ1n) is 11.2. The van der Waals surface area contributed by atoms with E-state index in [4.69, 9.17) is 4.52 Å². The van der Waals surface area contributed by atoms with Crippen molar-refractivity contribution < 1.29 is 22.9 Å². The van der Waals surface area contributed by atoms with Crippen LogP contribution in [0.15, 0.2) is 53.1 Å². The average Bonchev–Trinajstić information content (AvgIpc) is 3.20. The van der Waals surface area contributed by atoms with Crippen LogP contribution in [0.25, 0.3) is 11.3 Å². The van der Waals surface area contributed by atoms with Gasteiger partial charge in [0.15, 0.2) is 11.6 Å². The second-order valence-electron chi connectivity index (χ2n) is 9.26. The van der Waals surface area contributed by atoms with Gasteiger partial charge < -0.3 is 15.2 Å². The van der Waals surface area contributed by atoms with E-state index in [-0.39, 0.29) is 23.2 Å². The number of aromatic nitrogens is 1. The summed E-state index contributed by atoms with van der Waals surface area (Å²) in [5, 5.41) is 9.20. The Hall–Kier alpha value is -3.55. The molecule has 1 unspecified atom stereocenters. The number of nitrogens with one attached hydrogen (secondary N) is 2. The zero-order valence-electron chi connectivity index (χ0n) is 19.7. The van der Waals surface area contributed by atoms with Crippen LogP contribution in [0.3, 0.4) is 0 Å². The molecule has 0 aliphatic heterocycles. The number of halogens is 2. The van der Waals surface area contributed by atoms with Crippen molar-refractivity contribution >= 4 is 17.6 Å². The smallest absolute Gasteiger partial charge is 0.248 e. The quantitative estimate of drug-likeness (QED) is 0.464. The molecule has 3 aromatic rings. The van der Waals surface area contributed by atoms with Crippen molar-refractivity contribution in [3.8, 4) is 11.3 Å². The number of rotatable bonds is 8. The molecule has 34 heavy (non-hydrogen) atoms. The summed E-state index contributed by atoms with van der Waals surface area (Å²) >= 11 is 0. The van der Waals surface area contributed by atoms with Gasteiger partial charge in [0.2, 0.25) is 11.8 Å². The summed E-state index contributed by atoms with van der Waals surface area (Å²) in [6.07, 6.45) is 0.770. The highest BCUT2D eigenvalue weighted by molar-refractivity contribution is 5.97. The molecule has 0 spiro atoms. The molecule has 0 radical (unpaired) electrons. The van der Waals surface area contributed by atoms with E-state index in [9.17, 15) is 18.4 Å². The summed E-state index contributed by atoms with van der Waals surface area (Å²) < 4.78 is 32.1. The number of hydrogen-bond donors (Lipinski definition) is 2. The van der Waals surface area contributed by atoms with Crippen LogP contribution in [0.2, 0.25) is 0 Å². The maximum atomic E-state index is 13.4. The fourth-order valence-electron chi connectivity index (χ4n) is 3.52. The maximum Gasteiger partial charge on any atom is 0.248 e. The van der Waals surface area contributed by atoms with Crippen molar-refractivity contribution in [2.24, 2.45) is 0 Å². The lowest BCUT2D eigenvalue weighted by molar-refractivity contribution is -0.126. The van der Waals surface area contributed by atoms with E-state index < -0.39 is 29.5 Å². The Bertz CT molecular complexity index is 1130. The van der Waals surface area contributed by atoms with Gasteiger partial charge in [-0.2, -0.15) is 0 Å². The first-order valence-corrected chi connectivity index (χ1v) is 11.2. The molecule has 1 heterocycles. The van der Waals surface area contributed by atoms with E-state index in [1.54, 1.807) is 6.07 Å². The van der Waals surface area contributed by atoms with Gasteiger partial charge in [-0.3, -0.25) is 9.59 Å². The normalized spacial score (nSPS) is 12.3. The van der Waals surface area contributed by atoms with E-state index in [0.29, 0.717) is 18.6 Å². The van der Waals surface area contributed by atoms with E-state index in [2.05, 4.69) is 36.6 Å². The number of anilines is 1. The van der Waals surface area contributed by atoms with Crippen LogP contribution in [-0.2, 0) is 21.4 Å². The van der Waals surface area contributed by atoms with Gasteiger partial charge in [0.25, 0.3) is 0 Å². The summed E-state index contributed by atoms with van der Waals surface area (Å²) in [6, 6.07) is 11.6. The second kappa shape index (κ2) is 10.6. The highest BCUT2D eigenvalue weighted by Crippen LogP contribution is 2.27. The van der Waals surface area contributed by atoms with Crippen LogP contribution in [0.1, 0.15) is 51.7 Å². The Kier molecular flexibility index (Phi) is 7.81. The van der Waals surface area contributed by atoms with E-state index in [0.717, 1.165) is 23.8 Å². The topological polar surface area (TPSA) is 84.2 Å². The number of carbonyl (C=O) groups excluding carboxylic acids is 2. The highest BCUT2D eigenvalue weighted by Gasteiger charge is 2.22. The standard InChI is InChI=1S/C26H29F2N3O3/c1-5-6-21(29-24(32)13-16-11-19(27)14-20(28)12-16)25(33)30-23-15-22(34-31-23)17-7-9-18(10-8-17)26(2,3)4/h7-12,14-15,21H,5-6,13H2,1-4H3,(H,29,32)(H,30,31,33). The number of nitrogens with zero attached hydrogens (tertiary/aromatic N) is 1. The largest absolute Gasteiger partial charge is 0.354 e. The minimum atomic E-state index is -0.831. The van der Waals surface area contributed by atoms with Gasteiger partial charge in [-0.15, -0.1) is 0 Å². The van der Waals surface area contributed by atoms with Crippen molar-refractivity contribution in [1.82, 2.24) is 10.5 Å². The lowest BCUT2D eigenvalue weighted by Crippen LogP contribution is -2.44. The van der Waals surface area contributed by atoms with Crippen molar-refractivity contribution in [2.45, 2.75) is 58.4 Å². The molecule has 3 rings (SSSR count). The van der Waals surface area contributed by atoms with Gasteiger partial charge in [-0.25, -0.2) is 8.78 Å². The molecule has 2 N–H and O–H groups in total. The number of hydrogen-bond acceptors (Lipinski definition) is 4. The van der Waals surface area contributed by atoms with E-state index >= 15 is 0 Å². The maximum absolute atomic E-state index is 13.4. The van der Waals surface area contributed by atoms with Crippen molar-refractivity contribution in [3.63, 3.8) is 0 Å². The van der Waals surface area contributed by atoms with Gasteiger partial charge >= 0.3 is 0 Å². The molecule has 1 atom stereocenters. The Balaban J connectivity index is 1.64. The lowest BCUT2D eigenvalue weighted by Gasteiger charge is -2.18. The van der Waals surface area contributed by atoms with Gasteiger partial charge in [0, 0.05) is 17.7 Å². The van der Waals surface area contributed by atoms with Crippen molar-refractivity contribution in [1.29, 1.82) is 0 Å². The SMILES string of the molecule is CCCC(NC(=O)Cc1cc(F)cc(F)c1)C(=O)Nc1cc(-c2ccc(C(C)(C)C)cc2)on1. The minimum absolute atomic E-state index is 0.0284. The van der Waals surface area contributed by atoms with Crippen LogP contribution in [0.5, 0.6) is 0 Å². The molecule has 8 heteroatoms. The third kappa shape index (κ3) is 6.73. The fourth-order valence-corrected chi connectivity index (χ4v) is 3.52. The van der Waals surface area contributed by atoms with E-state index in [1.807, 2.05) is 31.2 Å². The molecule has 180 valence electrons. The predicted octanol–water partition coefficient (Wildman–Crippen LogP) is 5.38. The van der Waals surface area contributed by atoms with Crippen LogP contribution >= 0.6 is 0 Å². The fraction of sp³-hybridized carbons (Fsp3) is 0.346. The molecule has 2 amide bonds. The summed E-state index contributed by atoms with van der Waals surface area (Å²) in [6.45, 7) is 8.27. The molecule has 0 aliphatic carbocycles. The first kappa shape index (κ1) is 25.1. The molecule has 0 fully saturated rings. The summed E-state index contributed by atoms with van der Waals surface area (Å²) in [4.78, 5) is 25.2. The summed E-state index contributed by atoms with van der Waals surface area (Å²) in [5.74, 6) is -1.77. The molecule has 2 aromatic carbocycles. The molecule has 0 saturated carbocycles. The van der Waals surface area contributed by atoms with Gasteiger partial charge in [-0.05, 0) is 35.1 Å². The van der Waals surface area contributed by atoms with Crippen molar-refractivity contribution in [3.05, 3.63) is 71.3 Å². The van der Waals surface area contributed by atoms with Gasteiger partial charge in [-0.1, -0.05) is 63.5 Å².